The molecule has 2 atom stereocenters. The first kappa shape index (κ1) is 26.5. The minimum Gasteiger partial charge on any atom is -0.492 e. The largest absolute Gasteiger partial charge is 0.492 e. The molecule has 0 spiro atoms. The standard InChI is InChI=1S/C28H38N2O3S.ClH/c1-29(34(31,32)21-23-9-10-23)17-18-33-25-13-11-24-12-14-28(30-15-5-6-16-30)27(26(24)20-25)19-22-7-3-2-4-8-22;/h2-4,7-8,11,13,20,23,27-28H,5-6,9-10,12,14-19,21H2,1H3;1H. The molecule has 0 radical (unpaired) electrons. The molecular formula is C28H39ClN2O3S. The highest BCUT2D eigenvalue weighted by atomic mass is 35.5. The van der Waals surface area contributed by atoms with Crippen molar-refractivity contribution in [3.8, 4) is 5.75 Å². The molecule has 0 bridgehead atoms. The summed E-state index contributed by atoms with van der Waals surface area (Å²) in [6.45, 7) is 3.18. The average Bonchev–Trinajstić information content (AvgIpc) is 3.47. The third-order valence-electron chi connectivity index (χ3n) is 7.89. The molecule has 35 heavy (non-hydrogen) atoms. The van der Waals surface area contributed by atoms with E-state index in [2.05, 4.69) is 53.4 Å². The Morgan fingerprint density at radius 3 is 2.49 bits per heavy atom. The topological polar surface area (TPSA) is 49.9 Å². The van der Waals surface area contributed by atoms with Crippen molar-refractivity contribution >= 4 is 22.4 Å². The number of likely N-dealkylation sites (N-methyl/N-ethyl adjacent to an activating group) is 1. The van der Waals surface area contributed by atoms with Crippen molar-refractivity contribution in [1.82, 2.24) is 9.21 Å². The van der Waals surface area contributed by atoms with Gasteiger partial charge in [-0.15, -0.1) is 12.4 Å². The molecule has 7 heteroatoms. The number of sulfonamides is 1. The fourth-order valence-corrected chi connectivity index (χ4v) is 7.25. The summed E-state index contributed by atoms with van der Waals surface area (Å²) < 4.78 is 32.5. The van der Waals surface area contributed by atoms with Gasteiger partial charge >= 0.3 is 0 Å². The number of ether oxygens (including phenoxy) is 1. The van der Waals surface area contributed by atoms with Crippen LogP contribution in [0.25, 0.3) is 0 Å². The van der Waals surface area contributed by atoms with Gasteiger partial charge in [0.1, 0.15) is 12.4 Å². The maximum atomic E-state index is 12.5. The lowest BCUT2D eigenvalue weighted by atomic mass is 9.75. The Balaban J connectivity index is 0.00000289. The summed E-state index contributed by atoms with van der Waals surface area (Å²) in [5, 5.41) is 0. The fourth-order valence-electron chi connectivity index (χ4n) is 5.71. The van der Waals surface area contributed by atoms with E-state index in [1.54, 1.807) is 7.05 Å². The minimum absolute atomic E-state index is 0. The average molecular weight is 519 g/mol. The van der Waals surface area contributed by atoms with Gasteiger partial charge in [-0.05, 0) is 92.8 Å². The normalized spacial score (nSPS) is 22.6. The zero-order valence-corrected chi connectivity index (χ0v) is 22.4. The van der Waals surface area contributed by atoms with E-state index in [0.29, 0.717) is 31.0 Å². The molecule has 1 heterocycles. The first-order valence-corrected chi connectivity index (χ1v) is 14.6. The predicted molar refractivity (Wildman–Crippen MR) is 144 cm³/mol. The fraction of sp³-hybridized carbons (Fsp3) is 0.571. The van der Waals surface area contributed by atoms with Crippen LogP contribution in [-0.2, 0) is 22.9 Å². The van der Waals surface area contributed by atoms with E-state index in [1.165, 1.54) is 53.3 Å². The Morgan fingerprint density at radius 1 is 1.03 bits per heavy atom. The number of hydrogen-bond acceptors (Lipinski definition) is 4. The van der Waals surface area contributed by atoms with Gasteiger partial charge in [0.25, 0.3) is 0 Å². The van der Waals surface area contributed by atoms with Crippen LogP contribution in [0, 0.1) is 5.92 Å². The number of fused-ring (bicyclic) bond motifs is 1. The molecular weight excluding hydrogens is 480 g/mol. The molecule has 1 aliphatic heterocycles. The van der Waals surface area contributed by atoms with Gasteiger partial charge in [0.2, 0.25) is 10.0 Å². The molecule has 2 aromatic rings. The maximum Gasteiger partial charge on any atom is 0.214 e. The van der Waals surface area contributed by atoms with E-state index < -0.39 is 10.0 Å². The molecule has 2 aliphatic carbocycles. The summed E-state index contributed by atoms with van der Waals surface area (Å²) in [7, 11) is -1.51. The van der Waals surface area contributed by atoms with Gasteiger partial charge in [-0.25, -0.2) is 12.7 Å². The van der Waals surface area contributed by atoms with Crippen LogP contribution in [0.1, 0.15) is 54.7 Å². The number of halogens is 1. The van der Waals surface area contributed by atoms with Gasteiger partial charge in [-0.1, -0.05) is 36.4 Å². The second-order valence-corrected chi connectivity index (χ2v) is 12.5. The van der Waals surface area contributed by atoms with Crippen molar-refractivity contribution in [2.45, 2.75) is 56.9 Å². The number of likely N-dealkylation sites (tertiary alicyclic amines) is 1. The Kier molecular flexibility index (Phi) is 8.80. The van der Waals surface area contributed by atoms with Crippen molar-refractivity contribution in [3.63, 3.8) is 0 Å². The van der Waals surface area contributed by atoms with E-state index in [-0.39, 0.29) is 18.2 Å². The second-order valence-electron chi connectivity index (χ2n) is 10.4. The molecule has 2 aromatic carbocycles. The third-order valence-corrected chi connectivity index (χ3v) is 9.92. The van der Waals surface area contributed by atoms with Crippen molar-refractivity contribution in [1.29, 1.82) is 0 Å². The zero-order chi connectivity index (χ0) is 23.5. The van der Waals surface area contributed by atoms with Crippen LogP contribution in [0.4, 0.5) is 0 Å². The summed E-state index contributed by atoms with van der Waals surface area (Å²) in [4.78, 5) is 2.71. The number of aryl methyl sites for hydroxylation is 1. The lowest BCUT2D eigenvalue weighted by Crippen LogP contribution is -2.41. The van der Waals surface area contributed by atoms with Crippen molar-refractivity contribution in [2.24, 2.45) is 5.92 Å². The summed E-state index contributed by atoms with van der Waals surface area (Å²) in [6, 6.07) is 18.0. The van der Waals surface area contributed by atoms with Crippen LogP contribution in [0.2, 0.25) is 0 Å². The molecule has 1 saturated carbocycles. The molecule has 0 amide bonds. The quantitative estimate of drug-likeness (QED) is 0.449. The summed E-state index contributed by atoms with van der Waals surface area (Å²) in [5.41, 5.74) is 4.24. The van der Waals surface area contributed by atoms with E-state index in [9.17, 15) is 8.42 Å². The summed E-state index contributed by atoms with van der Waals surface area (Å²) in [6.07, 6.45) is 8.07. The first-order valence-electron chi connectivity index (χ1n) is 13.0. The first-order chi connectivity index (χ1) is 16.5. The SMILES string of the molecule is CN(CCOc1ccc2c(c1)C(Cc1ccccc1)C(N1CCCC1)CC2)S(=O)(=O)CC1CC1.Cl. The molecule has 5 rings (SSSR count). The van der Waals surface area contributed by atoms with Crippen LogP contribution >= 0.6 is 12.4 Å². The highest BCUT2D eigenvalue weighted by molar-refractivity contribution is 7.89. The maximum absolute atomic E-state index is 12.5. The Labute approximate surface area is 217 Å². The van der Waals surface area contributed by atoms with E-state index in [4.69, 9.17) is 4.74 Å². The third kappa shape index (κ3) is 6.59. The van der Waals surface area contributed by atoms with Gasteiger partial charge in [-0.2, -0.15) is 0 Å². The van der Waals surface area contributed by atoms with Gasteiger partial charge < -0.3 is 4.74 Å². The molecule has 2 unspecified atom stereocenters. The second kappa shape index (κ2) is 11.6. The van der Waals surface area contributed by atoms with E-state index in [0.717, 1.165) is 31.4 Å². The molecule has 3 aliphatic rings. The summed E-state index contributed by atoms with van der Waals surface area (Å²) in [5.74, 6) is 1.95. The molecule has 192 valence electrons. The smallest absolute Gasteiger partial charge is 0.214 e. The Bertz CT molecular complexity index is 1070. The monoisotopic (exact) mass is 518 g/mol. The van der Waals surface area contributed by atoms with Gasteiger partial charge in [-0.3, -0.25) is 4.90 Å². The lowest BCUT2D eigenvalue weighted by Gasteiger charge is -2.39. The van der Waals surface area contributed by atoms with Crippen molar-refractivity contribution in [2.75, 3.05) is 39.0 Å². The Hall–Kier alpha value is -1.60. The molecule has 5 nitrogen and oxygen atoms in total. The van der Waals surface area contributed by atoms with E-state index >= 15 is 0 Å². The van der Waals surface area contributed by atoms with Gasteiger partial charge in [0, 0.05) is 25.6 Å². The Morgan fingerprint density at radius 2 is 1.77 bits per heavy atom. The highest BCUT2D eigenvalue weighted by Crippen LogP contribution is 2.40. The number of benzene rings is 2. The summed E-state index contributed by atoms with van der Waals surface area (Å²) >= 11 is 0. The predicted octanol–water partition coefficient (Wildman–Crippen LogP) is 4.90. The van der Waals surface area contributed by atoms with E-state index in [1.807, 2.05) is 0 Å². The van der Waals surface area contributed by atoms with Crippen molar-refractivity contribution < 1.29 is 13.2 Å². The number of nitrogens with zero attached hydrogens (tertiary/aromatic N) is 2. The number of rotatable bonds is 10. The van der Waals surface area contributed by atoms with Crippen molar-refractivity contribution in [3.05, 3.63) is 65.2 Å². The van der Waals surface area contributed by atoms with Crippen LogP contribution in [0.15, 0.2) is 48.5 Å². The highest BCUT2D eigenvalue weighted by Gasteiger charge is 2.35. The molecule has 0 aromatic heterocycles. The van der Waals surface area contributed by atoms with Crippen LogP contribution < -0.4 is 4.74 Å². The van der Waals surface area contributed by atoms with Gasteiger partial charge in [0.05, 0.1) is 5.75 Å². The van der Waals surface area contributed by atoms with Crippen LogP contribution in [0.3, 0.4) is 0 Å². The van der Waals surface area contributed by atoms with Gasteiger partial charge in [0.15, 0.2) is 0 Å². The van der Waals surface area contributed by atoms with Crippen LogP contribution in [0.5, 0.6) is 5.75 Å². The molecule has 2 fully saturated rings. The lowest BCUT2D eigenvalue weighted by molar-refractivity contribution is 0.188. The zero-order valence-electron chi connectivity index (χ0n) is 20.8. The number of hydrogen-bond donors (Lipinski definition) is 0. The molecule has 1 saturated heterocycles. The minimum atomic E-state index is -3.18. The van der Waals surface area contributed by atoms with Crippen LogP contribution in [-0.4, -0.2) is 62.7 Å². The molecule has 0 N–H and O–H groups in total.